The molecular formula is C42H34N8O11S3. The van der Waals surface area contributed by atoms with Gasteiger partial charge in [-0.15, -0.1) is 15.3 Å². The third-order valence-electron chi connectivity index (χ3n) is 10.4. The lowest BCUT2D eigenvalue weighted by Gasteiger charge is -2.29. The third kappa shape index (κ3) is 8.77. The van der Waals surface area contributed by atoms with E-state index >= 15 is 0 Å². The zero-order valence-electron chi connectivity index (χ0n) is 33.6. The van der Waals surface area contributed by atoms with Crippen molar-refractivity contribution in [3.63, 3.8) is 0 Å². The highest BCUT2D eigenvalue weighted by atomic mass is 32.2. The molecule has 6 aromatic carbocycles. The van der Waals surface area contributed by atoms with Crippen molar-refractivity contribution in [3.8, 4) is 11.4 Å². The van der Waals surface area contributed by atoms with Crippen LogP contribution in [-0.4, -0.2) is 70.5 Å². The van der Waals surface area contributed by atoms with E-state index in [1.54, 1.807) is 75.4 Å². The van der Waals surface area contributed by atoms with Gasteiger partial charge in [-0.1, -0.05) is 18.2 Å². The summed E-state index contributed by atoms with van der Waals surface area (Å²) in [5.41, 5.74) is 2.26. The molecule has 1 aliphatic carbocycles. The quantitative estimate of drug-likeness (QED) is 0.0635. The van der Waals surface area contributed by atoms with Crippen LogP contribution in [0.25, 0.3) is 38.3 Å². The first-order valence-corrected chi connectivity index (χ1v) is 23.2. The smallest absolute Gasteiger partial charge is 0.296 e. The highest BCUT2D eigenvalue weighted by Gasteiger charge is 2.28. The number of nitrogens with zero attached hydrogens (tertiary/aromatic N) is 7. The van der Waals surface area contributed by atoms with Crippen molar-refractivity contribution in [2.45, 2.75) is 42.5 Å². The van der Waals surface area contributed by atoms with E-state index in [2.05, 4.69) is 36.0 Å². The molecule has 22 heteroatoms. The van der Waals surface area contributed by atoms with E-state index in [4.69, 9.17) is 0 Å². The van der Waals surface area contributed by atoms with E-state index in [0.717, 1.165) is 6.07 Å². The lowest BCUT2D eigenvalue weighted by molar-refractivity contribution is 0.0922. The van der Waals surface area contributed by atoms with Crippen LogP contribution < -0.4 is 5.32 Å². The van der Waals surface area contributed by atoms with Crippen LogP contribution in [0.3, 0.4) is 0 Å². The number of phenols is 1. The van der Waals surface area contributed by atoms with Gasteiger partial charge in [0.2, 0.25) is 0 Å². The van der Waals surface area contributed by atoms with Gasteiger partial charge < -0.3 is 10.4 Å². The molecule has 0 spiro atoms. The predicted molar refractivity (Wildman–Crippen MR) is 235 cm³/mol. The highest BCUT2D eigenvalue weighted by Crippen LogP contribution is 2.42. The molecule has 1 aromatic heterocycles. The van der Waals surface area contributed by atoms with Crippen LogP contribution >= 0.6 is 0 Å². The lowest BCUT2D eigenvalue weighted by Crippen LogP contribution is -2.45. The van der Waals surface area contributed by atoms with Gasteiger partial charge in [0.15, 0.2) is 5.75 Å². The number of rotatable bonds is 10. The Kier molecular flexibility index (Phi) is 10.8. The second-order valence-electron chi connectivity index (χ2n) is 15.1. The zero-order chi connectivity index (χ0) is 45.9. The van der Waals surface area contributed by atoms with E-state index in [9.17, 15) is 48.8 Å². The van der Waals surface area contributed by atoms with Crippen molar-refractivity contribution in [2.24, 2.45) is 20.5 Å². The molecule has 1 amide bonds. The van der Waals surface area contributed by atoms with E-state index < -0.39 is 58.1 Å². The van der Waals surface area contributed by atoms with E-state index in [1.165, 1.54) is 53.4 Å². The second kappa shape index (κ2) is 15.9. The Morgan fingerprint density at radius 2 is 1.42 bits per heavy atom. The first-order chi connectivity index (χ1) is 30.1. The minimum Gasteiger partial charge on any atom is -0.505 e. The zero-order valence-corrected chi connectivity index (χ0v) is 36.1. The number of nitrogens with one attached hydrogen (secondary N) is 1. The number of fused-ring (bicyclic) bond motifs is 4. The van der Waals surface area contributed by atoms with E-state index in [-0.39, 0.29) is 32.7 Å². The summed E-state index contributed by atoms with van der Waals surface area (Å²) < 4.78 is 101. The van der Waals surface area contributed by atoms with Crippen LogP contribution in [-0.2, 0) is 30.4 Å². The molecule has 1 heterocycles. The Balaban J connectivity index is 1.01. The number of aromatic hydroxyl groups is 1. The topological polar surface area (TPSA) is 293 Å². The van der Waals surface area contributed by atoms with Crippen molar-refractivity contribution in [1.29, 1.82) is 0 Å². The molecule has 8 rings (SSSR count). The fourth-order valence-electron chi connectivity index (χ4n) is 7.03. The molecule has 1 atom stereocenters. The standard InChI is InChI=1S/C42H34N8O11S3/c1-23-19-31(63(56,57)58)22-34-32(23)11-13-36-38(34)49-50(48-36)29-9-10-33-26(20-29)21-37(64(59,60)61)39(40(33)51)47-45-28-8-12-35(24(2)18-28)46-44-27-6-4-25(5-7-27)41(52)43-42(3)16-14-30(15-17-42)62(53,54)55/h4-16,18-22,51H,17H2,1-3H3,(H,43,52)(H,53,54,55)(H,56,57,58)(H,59,60,61). The molecule has 7 aromatic rings. The summed E-state index contributed by atoms with van der Waals surface area (Å²) in [5.74, 6) is -1.00. The van der Waals surface area contributed by atoms with E-state index in [0.29, 0.717) is 55.6 Å². The van der Waals surface area contributed by atoms with E-state index in [1.807, 2.05) is 0 Å². The second-order valence-corrected chi connectivity index (χ2v) is 19.3. The summed E-state index contributed by atoms with van der Waals surface area (Å²) in [6, 6.07) is 22.7. The monoisotopic (exact) mass is 922 g/mol. The Morgan fingerprint density at radius 1 is 0.719 bits per heavy atom. The Morgan fingerprint density at radius 3 is 2.08 bits per heavy atom. The number of hydrogen-bond acceptors (Lipinski definition) is 14. The number of aryl methyl sites for hydroxylation is 2. The summed E-state index contributed by atoms with van der Waals surface area (Å²) in [6.45, 7) is 5.13. The van der Waals surface area contributed by atoms with Gasteiger partial charge in [-0.3, -0.25) is 18.5 Å². The molecule has 1 aliphatic rings. The van der Waals surface area contributed by atoms with Crippen LogP contribution in [0, 0.1) is 13.8 Å². The summed E-state index contributed by atoms with van der Waals surface area (Å²) >= 11 is 0. The van der Waals surface area contributed by atoms with Gasteiger partial charge in [-0.25, -0.2) is 0 Å². The number of benzene rings is 6. The molecular weight excluding hydrogens is 889 g/mol. The van der Waals surface area contributed by atoms with Gasteiger partial charge in [0.1, 0.15) is 21.6 Å². The average Bonchev–Trinajstić information content (AvgIpc) is 3.67. The largest absolute Gasteiger partial charge is 0.505 e. The predicted octanol–water partition coefficient (Wildman–Crippen LogP) is 8.59. The van der Waals surface area contributed by atoms with Crippen molar-refractivity contribution in [2.75, 3.05) is 0 Å². The van der Waals surface area contributed by atoms with Gasteiger partial charge in [0.05, 0.1) is 38.1 Å². The van der Waals surface area contributed by atoms with Crippen molar-refractivity contribution >= 4 is 91.6 Å². The minimum atomic E-state index is -4.97. The Hall–Kier alpha value is -7.08. The number of carbonyl (C=O) groups is 1. The molecule has 64 heavy (non-hydrogen) atoms. The SMILES string of the molecule is Cc1cc(N=Nc2c(S(=O)(=O)O)cc3cc(-n4nc5ccc6c(C)cc(S(=O)(=O)O)cc6c5n4)ccc3c2O)ccc1N=Nc1ccc(C(=O)NC2(C)C=CC(S(=O)(=O)O)=CC2)cc1. The Labute approximate surface area is 364 Å². The number of amides is 1. The summed E-state index contributed by atoms with van der Waals surface area (Å²) in [6.07, 6.45) is 4.20. The van der Waals surface area contributed by atoms with Gasteiger partial charge >= 0.3 is 0 Å². The van der Waals surface area contributed by atoms with Crippen LogP contribution in [0.5, 0.6) is 5.75 Å². The minimum absolute atomic E-state index is 0.148. The first-order valence-electron chi connectivity index (χ1n) is 18.9. The summed E-state index contributed by atoms with van der Waals surface area (Å²) in [7, 11) is -13.8. The van der Waals surface area contributed by atoms with Crippen molar-refractivity contribution in [3.05, 3.63) is 131 Å². The molecule has 0 saturated heterocycles. The maximum atomic E-state index is 12.9. The van der Waals surface area contributed by atoms with Crippen LogP contribution in [0.2, 0.25) is 0 Å². The highest BCUT2D eigenvalue weighted by molar-refractivity contribution is 7.90. The van der Waals surface area contributed by atoms with Gasteiger partial charge in [-0.2, -0.15) is 45.4 Å². The molecule has 0 saturated carbocycles. The number of phenolic OH excluding ortho intramolecular Hbond substituents is 1. The summed E-state index contributed by atoms with van der Waals surface area (Å²) in [4.78, 5) is 12.9. The number of azo groups is 2. The Bertz CT molecular complexity index is 3610. The molecule has 5 N–H and O–H groups in total. The number of hydrogen-bond donors (Lipinski definition) is 5. The molecule has 0 fully saturated rings. The van der Waals surface area contributed by atoms with Gasteiger partial charge in [-0.05, 0) is 140 Å². The fourth-order valence-corrected chi connectivity index (χ4v) is 8.81. The maximum Gasteiger partial charge on any atom is 0.296 e. The fraction of sp³-hybridized carbons (Fsp3) is 0.119. The summed E-state index contributed by atoms with van der Waals surface area (Å²) in [5, 5.41) is 41.3. The number of allylic oxidation sites excluding steroid dienone is 1. The lowest BCUT2D eigenvalue weighted by atomic mass is 9.93. The number of carbonyl (C=O) groups excluding carboxylic acids is 1. The molecule has 1 unspecified atom stereocenters. The molecule has 0 aliphatic heterocycles. The molecule has 326 valence electrons. The third-order valence-corrected chi connectivity index (χ3v) is 13.0. The van der Waals surface area contributed by atoms with Crippen LogP contribution in [0.4, 0.5) is 22.7 Å². The molecule has 0 bridgehead atoms. The van der Waals surface area contributed by atoms with Gasteiger partial charge in [0.25, 0.3) is 36.3 Å². The first kappa shape index (κ1) is 43.6. The molecule has 0 radical (unpaired) electrons. The van der Waals surface area contributed by atoms with Crippen LogP contribution in [0.15, 0.2) is 144 Å². The molecule has 19 nitrogen and oxygen atoms in total. The average molecular weight is 923 g/mol. The normalized spacial score (nSPS) is 16.1. The maximum absolute atomic E-state index is 12.9. The number of aromatic nitrogens is 3. The van der Waals surface area contributed by atoms with Crippen molar-refractivity contribution in [1.82, 2.24) is 20.3 Å². The van der Waals surface area contributed by atoms with Crippen LogP contribution in [0.1, 0.15) is 34.8 Å². The van der Waals surface area contributed by atoms with Gasteiger partial charge in [0, 0.05) is 16.3 Å². The van der Waals surface area contributed by atoms with Crippen molar-refractivity contribution < 1.29 is 48.8 Å².